The predicted octanol–water partition coefficient (Wildman–Crippen LogP) is 3.04. The van der Waals surface area contributed by atoms with Crippen LogP contribution in [0.1, 0.15) is 22.4 Å². The van der Waals surface area contributed by atoms with Crippen molar-refractivity contribution in [3.05, 3.63) is 39.6 Å². The van der Waals surface area contributed by atoms with E-state index in [9.17, 15) is 4.79 Å². The summed E-state index contributed by atoms with van der Waals surface area (Å²) in [5.41, 5.74) is 0. The van der Waals surface area contributed by atoms with Crippen molar-refractivity contribution in [3.63, 3.8) is 0 Å². The Hall–Kier alpha value is -1.13. The summed E-state index contributed by atoms with van der Waals surface area (Å²) in [4.78, 5) is 16.7. The van der Waals surface area contributed by atoms with Crippen LogP contribution in [-0.2, 0) is 13.0 Å². The van der Waals surface area contributed by atoms with Gasteiger partial charge in [0, 0.05) is 18.9 Å². The minimum absolute atomic E-state index is 0.0286. The van der Waals surface area contributed by atoms with E-state index in [4.69, 9.17) is 11.6 Å². The number of aryl methyl sites for hydroxylation is 1. The predicted molar refractivity (Wildman–Crippen MR) is 65.3 cm³/mol. The van der Waals surface area contributed by atoms with Gasteiger partial charge in [-0.05, 0) is 18.4 Å². The molecule has 2 rings (SSSR count). The van der Waals surface area contributed by atoms with Crippen molar-refractivity contribution < 1.29 is 4.79 Å². The lowest BCUT2D eigenvalue weighted by Gasteiger charge is -2.03. The smallest absolute Gasteiger partial charge is 0.181 e. The van der Waals surface area contributed by atoms with Gasteiger partial charge in [-0.2, -0.15) is 0 Å². The van der Waals surface area contributed by atoms with Gasteiger partial charge in [0.05, 0.1) is 16.3 Å². The highest BCUT2D eigenvalue weighted by molar-refractivity contribution is 7.12. The van der Waals surface area contributed by atoms with Crippen molar-refractivity contribution in [2.24, 2.45) is 0 Å². The number of carbonyl (C=O) groups is 1. The van der Waals surface area contributed by atoms with Crippen molar-refractivity contribution in [1.82, 2.24) is 9.55 Å². The molecule has 0 saturated heterocycles. The maximum absolute atomic E-state index is 11.9. The number of hydrogen-bond donors (Lipinski definition) is 0. The van der Waals surface area contributed by atoms with E-state index < -0.39 is 0 Å². The molecule has 0 amide bonds. The van der Waals surface area contributed by atoms with Crippen LogP contribution in [-0.4, -0.2) is 15.3 Å². The average Bonchev–Trinajstić information content (AvgIpc) is 2.86. The molecule has 0 aliphatic carbocycles. The molecule has 84 valence electrons. The molecule has 0 atom stereocenters. The van der Waals surface area contributed by atoms with Gasteiger partial charge in [-0.1, -0.05) is 11.6 Å². The molecule has 2 heterocycles. The lowest BCUT2D eigenvalue weighted by molar-refractivity contribution is 0.0994. The minimum Gasteiger partial charge on any atom is -0.335 e. The minimum atomic E-state index is 0.0286. The molecule has 0 aliphatic heterocycles. The number of imidazole rings is 1. The molecular formula is C11H11ClN2OS. The van der Waals surface area contributed by atoms with Gasteiger partial charge in [-0.3, -0.25) is 4.79 Å². The molecular weight excluding hydrogens is 244 g/mol. The molecule has 3 nitrogen and oxygen atoms in total. The quantitative estimate of drug-likeness (QED) is 0.786. The molecule has 0 bridgehead atoms. The number of halogens is 1. The molecule has 0 fully saturated rings. The van der Waals surface area contributed by atoms with Crippen LogP contribution in [0, 0.1) is 0 Å². The summed E-state index contributed by atoms with van der Waals surface area (Å²) in [5.74, 6) is 0.817. The van der Waals surface area contributed by atoms with Crippen LogP contribution in [0.2, 0.25) is 5.02 Å². The third kappa shape index (κ3) is 2.18. The monoisotopic (exact) mass is 254 g/mol. The highest BCUT2D eigenvalue weighted by Crippen LogP contribution is 2.23. The van der Waals surface area contributed by atoms with Gasteiger partial charge < -0.3 is 4.57 Å². The number of rotatable bonds is 4. The normalized spacial score (nSPS) is 10.6. The van der Waals surface area contributed by atoms with Gasteiger partial charge in [-0.25, -0.2) is 4.98 Å². The Morgan fingerprint density at radius 1 is 1.62 bits per heavy atom. The summed E-state index contributed by atoms with van der Waals surface area (Å²) < 4.78 is 1.96. The Morgan fingerprint density at radius 3 is 3.06 bits per heavy atom. The van der Waals surface area contributed by atoms with Crippen molar-refractivity contribution in [1.29, 1.82) is 0 Å². The number of nitrogens with zero attached hydrogens (tertiary/aromatic N) is 2. The Balaban J connectivity index is 2.17. The summed E-state index contributed by atoms with van der Waals surface area (Å²) in [7, 11) is 0. The maximum Gasteiger partial charge on any atom is 0.181 e. The molecule has 0 N–H and O–H groups in total. The third-order valence-electron chi connectivity index (χ3n) is 2.33. The number of Topliss-reactive ketones (excluding diaryl/α,β-unsaturated/α-hetero) is 1. The number of hydrogen-bond acceptors (Lipinski definition) is 3. The second-order valence-electron chi connectivity index (χ2n) is 3.33. The van der Waals surface area contributed by atoms with E-state index in [2.05, 4.69) is 4.98 Å². The Kier molecular flexibility index (Phi) is 3.41. The van der Waals surface area contributed by atoms with E-state index in [0.29, 0.717) is 16.3 Å². The van der Waals surface area contributed by atoms with Crippen LogP contribution in [0.15, 0.2) is 23.8 Å². The van der Waals surface area contributed by atoms with E-state index in [-0.39, 0.29) is 5.78 Å². The van der Waals surface area contributed by atoms with Crippen molar-refractivity contribution in [3.8, 4) is 0 Å². The van der Waals surface area contributed by atoms with Gasteiger partial charge in [0.2, 0.25) is 0 Å². The molecule has 5 heteroatoms. The van der Waals surface area contributed by atoms with Crippen molar-refractivity contribution in [2.75, 3.05) is 0 Å². The summed E-state index contributed by atoms with van der Waals surface area (Å²) in [5, 5.41) is 2.35. The average molecular weight is 255 g/mol. The Bertz CT molecular complexity index is 504. The summed E-state index contributed by atoms with van der Waals surface area (Å²) >= 11 is 7.29. The molecule has 16 heavy (non-hydrogen) atoms. The molecule has 0 spiro atoms. The first-order valence-corrected chi connectivity index (χ1v) is 6.24. The van der Waals surface area contributed by atoms with Gasteiger partial charge in [0.15, 0.2) is 5.78 Å². The molecule has 2 aromatic rings. The first-order chi connectivity index (χ1) is 7.72. The lowest BCUT2D eigenvalue weighted by atomic mass is 10.2. The third-order valence-corrected chi connectivity index (χ3v) is 3.71. The van der Waals surface area contributed by atoms with Gasteiger partial charge in [0.1, 0.15) is 5.82 Å². The lowest BCUT2D eigenvalue weighted by Crippen LogP contribution is -2.08. The fraction of sp³-hybridized carbons (Fsp3) is 0.273. The zero-order valence-electron chi connectivity index (χ0n) is 8.81. The van der Waals surface area contributed by atoms with E-state index in [1.165, 1.54) is 11.3 Å². The van der Waals surface area contributed by atoms with Crippen molar-refractivity contribution >= 4 is 28.7 Å². The Labute approximate surface area is 103 Å². The topological polar surface area (TPSA) is 34.9 Å². The standard InChI is InChI=1S/C11H11ClN2OS/c1-2-14-5-4-13-10(14)7-9(15)11-8(12)3-6-16-11/h3-6H,2,7H2,1H3. The van der Waals surface area contributed by atoms with E-state index in [1.54, 1.807) is 12.3 Å². The Morgan fingerprint density at radius 2 is 2.44 bits per heavy atom. The fourth-order valence-corrected chi connectivity index (χ4v) is 2.61. The van der Waals surface area contributed by atoms with Crippen LogP contribution in [0.4, 0.5) is 0 Å². The van der Waals surface area contributed by atoms with E-state index in [1.807, 2.05) is 23.1 Å². The van der Waals surface area contributed by atoms with E-state index >= 15 is 0 Å². The zero-order chi connectivity index (χ0) is 11.5. The first-order valence-electron chi connectivity index (χ1n) is 4.98. The molecule has 0 radical (unpaired) electrons. The SMILES string of the molecule is CCn1ccnc1CC(=O)c1sccc1Cl. The van der Waals surface area contributed by atoms with Gasteiger partial charge >= 0.3 is 0 Å². The maximum atomic E-state index is 11.9. The van der Waals surface area contributed by atoms with E-state index in [0.717, 1.165) is 12.4 Å². The fourth-order valence-electron chi connectivity index (χ4n) is 1.51. The van der Waals surface area contributed by atoms with Crippen LogP contribution < -0.4 is 0 Å². The largest absolute Gasteiger partial charge is 0.335 e. The first kappa shape index (κ1) is 11.4. The second kappa shape index (κ2) is 4.80. The molecule has 0 saturated carbocycles. The highest BCUT2D eigenvalue weighted by atomic mass is 35.5. The van der Waals surface area contributed by atoms with Crippen LogP contribution in [0.3, 0.4) is 0 Å². The summed E-state index contributed by atoms with van der Waals surface area (Å²) in [6.45, 7) is 2.84. The summed E-state index contributed by atoms with van der Waals surface area (Å²) in [6, 6.07) is 1.74. The number of carbonyl (C=O) groups excluding carboxylic acids is 1. The second-order valence-corrected chi connectivity index (χ2v) is 4.65. The number of thiophene rings is 1. The van der Waals surface area contributed by atoms with Gasteiger partial charge in [0.25, 0.3) is 0 Å². The number of ketones is 1. The van der Waals surface area contributed by atoms with Crippen LogP contribution in [0.5, 0.6) is 0 Å². The summed E-state index contributed by atoms with van der Waals surface area (Å²) in [6.07, 6.45) is 3.89. The molecule has 0 aliphatic rings. The number of aromatic nitrogens is 2. The zero-order valence-corrected chi connectivity index (χ0v) is 10.4. The van der Waals surface area contributed by atoms with Crippen molar-refractivity contribution in [2.45, 2.75) is 19.9 Å². The molecule has 0 unspecified atom stereocenters. The van der Waals surface area contributed by atoms with Crippen LogP contribution >= 0.6 is 22.9 Å². The van der Waals surface area contributed by atoms with Crippen LogP contribution in [0.25, 0.3) is 0 Å². The molecule has 2 aromatic heterocycles. The molecule has 0 aromatic carbocycles. The highest BCUT2D eigenvalue weighted by Gasteiger charge is 2.14. The van der Waals surface area contributed by atoms with Gasteiger partial charge in [-0.15, -0.1) is 11.3 Å².